The van der Waals surface area contributed by atoms with Crippen LogP contribution in [-0.4, -0.2) is 70.6 Å². The first-order valence-corrected chi connectivity index (χ1v) is 17.2. The predicted molar refractivity (Wildman–Crippen MR) is 177 cm³/mol. The van der Waals surface area contributed by atoms with Gasteiger partial charge in [-0.2, -0.15) is 0 Å². The monoisotopic (exact) mass is 649 g/mol. The Labute approximate surface area is 278 Å². The topological polar surface area (TPSA) is 127 Å². The fourth-order valence-electron chi connectivity index (χ4n) is 6.63. The molecule has 0 radical (unpaired) electrons. The standard InChI is InChI=1S/C37H51N3O7/c1-24(2)26-11-14-28(15-12-26)37(22-40(23-37)35(44)47-36(3,4)5)46-34(43)39-32(33(41)42)18-19-45-30-20-25(21-30)10-16-29-17-13-27-8-6-7-9-31(27)38-29/h11-15,17,24-25,30,32H,6-10,16,18-23H2,1-5H3,(H,39,43)(H,41,42). The third kappa shape index (κ3) is 9.03. The van der Waals surface area contributed by atoms with E-state index < -0.39 is 35.4 Å². The van der Waals surface area contributed by atoms with Crippen LogP contribution < -0.4 is 5.32 Å². The number of hydrogen-bond donors (Lipinski definition) is 2. The Morgan fingerprint density at radius 3 is 2.40 bits per heavy atom. The summed E-state index contributed by atoms with van der Waals surface area (Å²) in [5, 5.41) is 12.4. The number of aromatic nitrogens is 1. The molecule has 47 heavy (non-hydrogen) atoms. The second-order valence-corrected chi connectivity index (χ2v) is 14.8. The van der Waals surface area contributed by atoms with Gasteiger partial charge in [-0.15, -0.1) is 0 Å². The van der Waals surface area contributed by atoms with E-state index in [2.05, 4.69) is 31.3 Å². The number of hydrogen-bond acceptors (Lipinski definition) is 7. The average Bonchev–Trinajstić information content (AvgIpc) is 2.97. The summed E-state index contributed by atoms with van der Waals surface area (Å²) in [6, 6.07) is 11.0. The van der Waals surface area contributed by atoms with Crippen LogP contribution in [0.5, 0.6) is 0 Å². The molecule has 2 N–H and O–H groups in total. The number of carboxylic acids is 1. The van der Waals surface area contributed by atoms with Crippen LogP contribution in [-0.2, 0) is 43.9 Å². The van der Waals surface area contributed by atoms with Crippen molar-refractivity contribution in [3.63, 3.8) is 0 Å². The van der Waals surface area contributed by atoms with Gasteiger partial charge in [-0.1, -0.05) is 44.2 Å². The van der Waals surface area contributed by atoms with E-state index in [9.17, 15) is 19.5 Å². The maximum atomic E-state index is 13.1. The molecule has 0 spiro atoms. The fraction of sp³-hybridized carbons (Fsp3) is 0.622. The van der Waals surface area contributed by atoms with E-state index in [1.807, 2.05) is 24.3 Å². The molecular formula is C37H51N3O7. The SMILES string of the molecule is CC(C)c1ccc(C2(OC(=O)NC(CCOC3CC(CCc4ccc5c(n4)CCCC5)C3)C(=O)O)CN(C(=O)OC(C)(C)C)C2)cc1. The lowest BCUT2D eigenvalue weighted by Gasteiger charge is -2.49. The normalized spacial score (nSPS) is 20.8. The molecule has 1 aliphatic heterocycles. The van der Waals surface area contributed by atoms with Crippen molar-refractivity contribution in [1.29, 1.82) is 0 Å². The van der Waals surface area contributed by atoms with Gasteiger partial charge in [0.15, 0.2) is 5.60 Å². The minimum Gasteiger partial charge on any atom is -0.480 e. The van der Waals surface area contributed by atoms with Gasteiger partial charge in [-0.3, -0.25) is 9.88 Å². The highest BCUT2D eigenvalue weighted by atomic mass is 16.6. The van der Waals surface area contributed by atoms with Gasteiger partial charge in [0.1, 0.15) is 11.6 Å². The molecule has 1 aromatic heterocycles. The molecule has 1 saturated heterocycles. The summed E-state index contributed by atoms with van der Waals surface area (Å²) in [5.41, 5.74) is 3.93. The number of likely N-dealkylation sites (tertiary alicyclic amines) is 1. The zero-order valence-corrected chi connectivity index (χ0v) is 28.5. The molecule has 1 atom stereocenters. The Bertz CT molecular complexity index is 1410. The molecule has 2 aromatic rings. The van der Waals surface area contributed by atoms with Gasteiger partial charge in [-0.25, -0.2) is 14.4 Å². The number of aliphatic carboxylic acids is 1. The molecule has 1 saturated carbocycles. The number of carbonyl (C=O) groups excluding carboxylic acids is 2. The summed E-state index contributed by atoms with van der Waals surface area (Å²) < 4.78 is 17.4. The van der Waals surface area contributed by atoms with Gasteiger partial charge in [-0.05, 0) is 107 Å². The molecule has 2 fully saturated rings. The number of carboxylic acid groups (broad SMARTS) is 1. The Morgan fingerprint density at radius 2 is 1.74 bits per heavy atom. The molecule has 2 amide bonds. The van der Waals surface area contributed by atoms with E-state index in [4.69, 9.17) is 19.2 Å². The summed E-state index contributed by atoms with van der Waals surface area (Å²) in [5.74, 6) is -0.256. The molecule has 1 unspecified atom stereocenters. The maximum absolute atomic E-state index is 13.1. The van der Waals surface area contributed by atoms with Crippen molar-refractivity contribution in [2.75, 3.05) is 19.7 Å². The molecule has 10 heteroatoms. The minimum atomic E-state index is -1.17. The lowest BCUT2D eigenvalue weighted by molar-refractivity contribution is -0.141. The molecule has 3 aliphatic rings. The van der Waals surface area contributed by atoms with E-state index in [1.54, 1.807) is 20.8 Å². The molecule has 2 heterocycles. The van der Waals surface area contributed by atoms with Crippen LogP contribution >= 0.6 is 0 Å². The number of rotatable bonds is 12. The fourth-order valence-corrected chi connectivity index (χ4v) is 6.63. The zero-order chi connectivity index (χ0) is 33.8. The number of ether oxygens (including phenoxy) is 3. The number of pyridine rings is 1. The molecule has 10 nitrogen and oxygen atoms in total. The first kappa shape index (κ1) is 34.7. The molecule has 1 aromatic carbocycles. The zero-order valence-electron chi connectivity index (χ0n) is 28.5. The smallest absolute Gasteiger partial charge is 0.410 e. The Balaban J connectivity index is 1.08. The summed E-state index contributed by atoms with van der Waals surface area (Å²) in [6.45, 7) is 9.98. The lowest BCUT2D eigenvalue weighted by Crippen LogP contribution is -2.64. The maximum Gasteiger partial charge on any atom is 0.410 e. The largest absolute Gasteiger partial charge is 0.480 e. The van der Waals surface area contributed by atoms with E-state index in [1.165, 1.54) is 34.7 Å². The average molecular weight is 650 g/mol. The Hall–Kier alpha value is -3.66. The summed E-state index contributed by atoms with van der Waals surface area (Å²) in [7, 11) is 0. The van der Waals surface area contributed by atoms with E-state index in [0.717, 1.165) is 49.7 Å². The van der Waals surface area contributed by atoms with E-state index in [-0.39, 0.29) is 32.2 Å². The summed E-state index contributed by atoms with van der Waals surface area (Å²) in [4.78, 5) is 44.2. The molecule has 256 valence electrons. The van der Waals surface area contributed by atoms with Crippen LogP contribution in [0, 0.1) is 5.92 Å². The summed E-state index contributed by atoms with van der Waals surface area (Å²) >= 11 is 0. The molecule has 5 rings (SSSR count). The number of aryl methyl sites for hydroxylation is 3. The number of benzene rings is 1. The van der Waals surface area contributed by atoms with Gasteiger partial charge >= 0.3 is 18.2 Å². The van der Waals surface area contributed by atoms with Crippen molar-refractivity contribution in [1.82, 2.24) is 15.2 Å². The number of carbonyl (C=O) groups is 3. The van der Waals surface area contributed by atoms with Crippen LogP contribution in [0.25, 0.3) is 0 Å². The van der Waals surface area contributed by atoms with E-state index >= 15 is 0 Å². The number of amides is 2. The van der Waals surface area contributed by atoms with Gasteiger partial charge in [0.05, 0.1) is 19.2 Å². The highest BCUT2D eigenvalue weighted by molar-refractivity contribution is 5.80. The predicted octanol–water partition coefficient (Wildman–Crippen LogP) is 6.53. The van der Waals surface area contributed by atoms with E-state index in [0.29, 0.717) is 11.8 Å². The van der Waals surface area contributed by atoms with Gasteiger partial charge in [0, 0.05) is 24.4 Å². The van der Waals surface area contributed by atoms with Crippen LogP contribution in [0.3, 0.4) is 0 Å². The van der Waals surface area contributed by atoms with Crippen LogP contribution in [0.15, 0.2) is 36.4 Å². The van der Waals surface area contributed by atoms with Crippen LogP contribution in [0.1, 0.15) is 107 Å². The lowest BCUT2D eigenvalue weighted by atomic mass is 9.79. The Kier molecular flexibility index (Phi) is 10.8. The molecule has 2 aliphatic carbocycles. The van der Waals surface area contributed by atoms with Crippen LogP contribution in [0.2, 0.25) is 0 Å². The number of fused-ring (bicyclic) bond motifs is 1. The quantitative estimate of drug-likeness (QED) is 0.266. The summed E-state index contributed by atoms with van der Waals surface area (Å²) in [6.07, 6.45) is 7.53. The Morgan fingerprint density at radius 1 is 1.04 bits per heavy atom. The van der Waals surface area contributed by atoms with Crippen molar-refractivity contribution in [3.05, 3.63) is 64.5 Å². The number of nitrogens with zero attached hydrogens (tertiary/aromatic N) is 2. The number of alkyl carbamates (subject to hydrolysis) is 1. The first-order chi connectivity index (χ1) is 22.3. The van der Waals surface area contributed by atoms with Crippen molar-refractivity contribution < 1.29 is 33.7 Å². The highest BCUT2D eigenvalue weighted by Gasteiger charge is 2.51. The second kappa shape index (κ2) is 14.6. The third-order valence-electron chi connectivity index (χ3n) is 9.52. The van der Waals surface area contributed by atoms with Crippen molar-refractivity contribution in [2.45, 2.75) is 122 Å². The second-order valence-electron chi connectivity index (χ2n) is 14.8. The molecule has 0 bridgehead atoms. The van der Waals surface area contributed by atoms with Gasteiger partial charge in [0.2, 0.25) is 0 Å². The minimum absolute atomic E-state index is 0.0998. The third-order valence-corrected chi connectivity index (χ3v) is 9.52. The number of nitrogens with one attached hydrogen (secondary N) is 1. The van der Waals surface area contributed by atoms with Crippen LogP contribution in [0.4, 0.5) is 9.59 Å². The molecular weight excluding hydrogens is 598 g/mol. The van der Waals surface area contributed by atoms with Crippen molar-refractivity contribution >= 4 is 18.2 Å². The van der Waals surface area contributed by atoms with Gasteiger partial charge in [0.25, 0.3) is 0 Å². The highest BCUT2D eigenvalue weighted by Crippen LogP contribution is 2.38. The first-order valence-electron chi connectivity index (χ1n) is 17.2. The van der Waals surface area contributed by atoms with Crippen molar-refractivity contribution in [3.8, 4) is 0 Å². The van der Waals surface area contributed by atoms with Crippen molar-refractivity contribution in [2.24, 2.45) is 5.92 Å². The van der Waals surface area contributed by atoms with Gasteiger partial charge < -0.3 is 24.6 Å².